The van der Waals surface area contributed by atoms with Crippen LogP contribution in [-0.2, 0) is 5.60 Å². The van der Waals surface area contributed by atoms with Gasteiger partial charge in [0.05, 0.1) is 19.4 Å². The first-order chi connectivity index (χ1) is 16.8. The molecule has 1 saturated carbocycles. The third-order valence-corrected chi connectivity index (χ3v) is 6.42. The van der Waals surface area contributed by atoms with Crippen LogP contribution >= 0.6 is 0 Å². The number of benzene rings is 3. The second-order valence-corrected chi connectivity index (χ2v) is 8.58. The molecule has 172 valence electrons. The molecule has 1 aliphatic carbocycles. The monoisotopic (exact) mass is 451 g/mol. The van der Waals surface area contributed by atoms with Crippen molar-refractivity contribution in [3.8, 4) is 17.4 Å². The third kappa shape index (κ3) is 4.36. The Hall–Kier alpha value is -3.79. The predicted molar refractivity (Wildman–Crippen MR) is 134 cm³/mol. The lowest BCUT2D eigenvalue weighted by atomic mass is 9.80. The molecule has 0 spiro atoms. The van der Waals surface area contributed by atoms with E-state index in [1.165, 1.54) is 12.8 Å². The average molecular weight is 452 g/mol. The summed E-state index contributed by atoms with van der Waals surface area (Å²) in [5, 5.41) is 0. The Labute approximate surface area is 201 Å². The van der Waals surface area contributed by atoms with E-state index in [4.69, 9.17) is 14.2 Å². The molecule has 34 heavy (non-hydrogen) atoms. The topological polar surface area (TPSA) is 40.6 Å². The molecule has 4 aromatic rings. The standard InChI is InChI=1S/C30H29NO3/c1-32-28-22-31-29(21-27(28)33-26-19-11-12-20-26)34-30(23-13-5-2-6-14-23,24-15-7-3-8-16-24)25-17-9-4-10-18-25/h2-10,13-18,21-22,26H,11-12,19-20H2,1H3. The molecule has 1 fully saturated rings. The van der Waals surface area contributed by atoms with Gasteiger partial charge in [0.1, 0.15) is 0 Å². The van der Waals surface area contributed by atoms with E-state index < -0.39 is 5.60 Å². The van der Waals surface area contributed by atoms with Crippen LogP contribution in [0.2, 0.25) is 0 Å². The van der Waals surface area contributed by atoms with Crippen LogP contribution in [0.3, 0.4) is 0 Å². The predicted octanol–water partition coefficient (Wildman–Crippen LogP) is 6.78. The maximum Gasteiger partial charge on any atom is 0.218 e. The Morgan fingerprint density at radius 1 is 0.706 bits per heavy atom. The highest BCUT2D eigenvalue weighted by atomic mass is 16.5. The molecule has 0 amide bonds. The summed E-state index contributed by atoms with van der Waals surface area (Å²) in [5.41, 5.74) is 2.16. The zero-order valence-electron chi connectivity index (χ0n) is 19.4. The van der Waals surface area contributed by atoms with Crippen LogP contribution in [0.5, 0.6) is 17.4 Å². The van der Waals surface area contributed by atoms with Gasteiger partial charge in [0.15, 0.2) is 17.1 Å². The Kier molecular flexibility index (Phi) is 6.48. The summed E-state index contributed by atoms with van der Waals surface area (Å²) >= 11 is 0. The highest BCUT2D eigenvalue weighted by Gasteiger charge is 2.39. The Morgan fingerprint density at radius 3 is 1.68 bits per heavy atom. The Morgan fingerprint density at radius 2 is 1.21 bits per heavy atom. The van der Waals surface area contributed by atoms with Crippen LogP contribution in [0.4, 0.5) is 0 Å². The molecule has 5 rings (SSSR count). The van der Waals surface area contributed by atoms with Gasteiger partial charge in [0.2, 0.25) is 5.88 Å². The molecule has 1 aromatic heterocycles. The van der Waals surface area contributed by atoms with Crippen molar-refractivity contribution >= 4 is 0 Å². The van der Waals surface area contributed by atoms with Gasteiger partial charge in [0.25, 0.3) is 0 Å². The lowest BCUT2D eigenvalue weighted by Crippen LogP contribution is -2.36. The lowest BCUT2D eigenvalue weighted by Gasteiger charge is -2.36. The van der Waals surface area contributed by atoms with E-state index in [9.17, 15) is 0 Å². The van der Waals surface area contributed by atoms with Gasteiger partial charge < -0.3 is 14.2 Å². The van der Waals surface area contributed by atoms with Gasteiger partial charge in [-0.1, -0.05) is 91.0 Å². The zero-order chi connectivity index (χ0) is 23.2. The van der Waals surface area contributed by atoms with E-state index in [2.05, 4.69) is 41.4 Å². The molecule has 1 heterocycles. The summed E-state index contributed by atoms with van der Waals surface area (Å²) < 4.78 is 18.8. The molecule has 0 unspecified atom stereocenters. The number of nitrogens with zero attached hydrogens (tertiary/aromatic N) is 1. The molecular formula is C30H29NO3. The number of aromatic nitrogens is 1. The van der Waals surface area contributed by atoms with Gasteiger partial charge in [0, 0.05) is 22.8 Å². The van der Waals surface area contributed by atoms with Crippen LogP contribution in [0.1, 0.15) is 42.4 Å². The Bertz CT molecular complexity index is 1090. The quantitative estimate of drug-likeness (QED) is 0.277. The maximum atomic E-state index is 6.92. The SMILES string of the molecule is COc1cnc(OC(c2ccccc2)(c2ccccc2)c2ccccc2)cc1OC1CCCC1. The molecule has 1 aliphatic rings. The average Bonchev–Trinajstić information content (AvgIpc) is 3.42. The summed E-state index contributed by atoms with van der Waals surface area (Å²) in [5.74, 6) is 1.76. The number of ether oxygens (including phenoxy) is 3. The van der Waals surface area contributed by atoms with Gasteiger partial charge in [-0.15, -0.1) is 0 Å². The summed E-state index contributed by atoms with van der Waals surface area (Å²) in [7, 11) is 1.64. The maximum absolute atomic E-state index is 6.92. The van der Waals surface area contributed by atoms with Gasteiger partial charge in [-0.3, -0.25) is 0 Å². The minimum Gasteiger partial charge on any atom is -0.491 e. The van der Waals surface area contributed by atoms with Gasteiger partial charge in [-0.2, -0.15) is 0 Å². The first kappa shape index (κ1) is 22.0. The second-order valence-electron chi connectivity index (χ2n) is 8.58. The van der Waals surface area contributed by atoms with Crippen LogP contribution in [0.15, 0.2) is 103 Å². The van der Waals surface area contributed by atoms with Crippen molar-refractivity contribution in [2.45, 2.75) is 37.4 Å². The van der Waals surface area contributed by atoms with Crippen molar-refractivity contribution in [1.29, 1.82) is 0 Å². The highest BCUT2D eigenvalue weighted by molar-refractivity contribution is 5.49. The summed E-state index contributed by atoms with van der Waals surface area (Å²) in [6.45, 7) is 0. The van der Waals surface area contributed by atoms with Crippen LogP contribution < -0.4 is 14.2 Å². The zero-order valence-corrected chi connectivity index (χ0v) is 19.4. The van der Waals surface area contributed by atoms with E-state index >= 15 is 0 Å². The number of methoxy groups -OCH3 is 1. The molecule has 0 aliphatic heterocycles. The van der Waals surface area contributed by atoms with Crippen LogP contribution in [0.25, 0.3) is 0 Å². The first-order valence-electron chi connectivity index (χ1n) is 11.9. The molecule has 0 atom stereocenters. The molecule has 0 N–H and O–H groups in total. The van der Waals surface area contributed by atoms with Crippen LogP contribution in [0, 0.1) is 0 Å². The minimum atomic E-state index is -0.893. The van der Waals surface area contributed by atoms with Crippen molar-refractivity contribution in [3.05, 3.63) is 120 Å². The molecule has 4 heteroatoms. The fraction of sp³-hybridized carbons (Fsp3) is 0.233. The molecule has 3 aromatic carbocycles. The summed E-state index contributed by atoms with van der Waals surface area (Å²) in [6.07, 6.45) is 6.39. The lowest BCUT2D eigenvalue weighted by molar-refractivity contribution is 0.144. The van der Waals surface area contributed by atoms with E-state index in [-0.39, 0.29) is 6.10 Å². The number of hydrogen-bond donors (Lipinski definition) is 0. The number of pyridine rings is 1. The smallest absolute Gasteiger partial charge is 0.218 e. The van der Waals surface area contributed by atoms with Gasteiger partial charge >= 0.3 is 0 Å². The van der Waals surface area contributed by atoms with Crippen molar-refractivity contribution in [2.24, 2.45) is 0 Å². The molecule has 0 bridgehead atoms. The van der Waals surface area contributed by atoms with Gasteiger partial charge in [-0.05, 0) is 25.7 Å². The minimum absolute atomic E-state index is 0.200. The number of hydrogen-bond acceptors (Lipinski definition) is 4. The second kappa shape index (κ2) is 10.0. The normalized spacial score (nSPS) is 14.0. The summed E-state index contributed by atoms with van der Waals surface area (Å²) in [6, 6.07) is 32.7. The molecule has 4 nitrogen and oxygen atoms in total. The highest BCUT2D eigenvalue weighted by Crippen LogP contribution is 2.42. The molecule has 0 radical (unpaired) electrons. The van der Waals surface area contributed by atoms with Gasteiger partial charge in [-0.25, -0.2) is 4.98 Å². The number of rotatable bonds is 8. The summed E-state index contributed by atoms with van der Waals surface area (Å²) in [4.78, 5) is 4.62. The fourth-order valence-electron chi connectivity index (χ4n) is 4.75. The third-order valence-electron chi connectivity index (χ3n) is 6.42. The Balaban J connectivity index is 1.65. The van der Waals surface area contributed by atoms with Crippen LogP contribution in [-0.4, -0.2) is 18.2 Å². The fourth-order valence-corrected chi connectivity index (χ4v) is 4.75. The van der Waals surface area contributed by atoms with Crippen molar-refractivity contribution in [3.63, 3.8) is 0 Å². The van der Waals surface area contributed by atoms with Crippen molar-refractivity contribution < 1.29 is 14.2 Å². The van der Waals surface area contributed by atoms with E-state index in [1.54, 1.807) is 13.3 Å². The van der Waals surface area contributed by atoms with E-state index in [1.807, 2.05) is 60.7 Å². The molecular weight excluding hydrogens is 422 g/mol. The van der Waals surface area contributed by atoms with E-state index in [0.717, 1.165) is 29.5 Å². The largest absolute Gasteiger partial charge is 0.491 e. The van der Waals surface area contributed by atoms with Crippen molar-refractivity contribution in [2.75, 3.05) is 7.11 Å². The first-order valence-corrected chi connectivity index (χ1v) is 11.9. The van der Waals surface area contributed by atoms with Crippen molar-refractivity contribution in [1.82, 2.24) is 4.98 Å². The van der Waals surface area contributed by atoms with E-state index in [0.29, 0.717) is 17.4 Å². The molecule has 0 saturated heterocycles.